The van der Waals surface area contributed by atoms with Crippen molar-refractivity contribution >= 4 is 5.97 Å². The van der Waals surface area contributed by atoms with E-state index in [-0.39, 0.29) is 18.2 Å². The molecule has 1 aromatic carbocycles. The SMILES string of the molecule is O=C(O)CC1CCCN(C2CCc3cc(F)ccc32)C1. The molecule has 20 heavy (non-hydrogen) atoms. The Balaban J connectivity index is 1.73. The Labute approximate surface area is 118 Å². The lowest BCUT2D eigenvalue weighted by Crippen LogP contribution is -2.38. The quantitative estimate of drug-likeness (QED) is 0.923. The molecule has 2 unspecified atom stereocenters. The maximum absolute atomic E-state index is 13.3. The predicted octanol–water partition coefficient (Wildman–Crippen LogP) is 3.00. The first-order valence-corrected chi connectivity index (χ1v) is 7.37. The van der Waals surface area contributed by atoms with Crippen LogP contribution in [0.1, 0.15) is 42.9 Å². The van der Waals surface area contributed by atoms with Gasteiger partial charge in [-0.25, -0.2) is 4.39 Å². The maximum atomic E-state index is 13.3. The average Bonchev–Trinajstić information content (AvgIpc) is 2.81. The summed E-state index contributed by atoms with van der Waals surface area (Å²) >= 11 is 0. The maximum Gasteiger partial charge on any atom is 0.303 e. The Hall–Kier alpha value is -1.42. The molecule has 2 atom stereocenters. The van der Waals surface area contributed by atoms with Crippen molar-refractivity contribution < 1.29 is 14.3 Å². The molecule has 0 aromatic heterocycles. The van der Waals surface area contributed by atoms with Crippen molar-refractivity contribution in [1.82, 2.24) is 4.90 Å². The van der Waals surface area contributed by atoms with E-state index in [9.17, 15) is 9.18 Å². The van der Waals surface area contributed by atoms with Gasteiger partial charge in [0.1, 0.15) is 5.82 Å². The minimum Gasteiger partial charge on any atom is -0.481 e. The first kappa shape index (κ1) is 13.6. The summed E-state index contributed by atoms with van der Waals surface area (Å²) in [7, 11) is 0. The second-order valence-corrected chi connectivity index (χ2v) is 6.00. The largest absolute Gasteiger partial charge is 0.481 e. The highest BCUT2D eigenvalue weighted by Gasteiger charge is 2.32. The number of benzene rings is 1. The molecule has 1 fully saturated rings. The summed E-state index contributed by atoms with van der Waals surface area (Å²) < 4.78 is 13.3. The van der Waals surface area contributed by atoms with Gasteiger partial charge in [0.2, 0.25) is 0 Å². The predicted molar refractivity (Wildman–Crippen MR) is 74.0 cm³/mol. The number of halogens is 1. The van der Waals surface area contributed by atoms with Gasteiger partial charge in [0.25, 0.3) is 0 Å². The van der Waals surface area contributed by atoms with Crippen molar-refractivity contribution in [3.8, 4) is 0 Å². The van der Waals surface area contributed by atoms with Crippen LogP contribution in [0, 0.1) is 11.7 Å². The summed E-state index contributed by atoms with van der Waals surface area (Å²) in [5.41, 5.74) is 2.36. The Morgan fingerprint density at radius 1 is 1.40 bits per heavy atom. The van der Waals surface area contributed by atoms with E-state index in [1.807, 2.05) is 6.07 Å². The van der Waals surface area contributed by atoms with Gasteiger partial charge in [0, 0.05) is 19.0 Å². The van der Waals surface area contributed by atoms with E-state index < -0.39 is 5.97 Å². The molecule has 2 aliphatic rings. The first-order valence-electron chi connectivity index (χ1n) is 7.37. The van der Waals surface area contributed by atoms with E-state index in [0.717, 1.165) is 44.3 Å². The van der Waals surface area contributed by atoms with Crippen molar-refractivity contribution in [1.29, 1.82) is 0 Å². The lowest BCUT2D eigenvalue weighted by Gasteiger charge is -2.36. The topological polar surface area (TPSA) is 40.5 Å². The molecule has 108 valence electrons. The molecule has 0 saturated carbocycles. The lowest BCUT2D eigenvalue weighted by atomic mass is 9.93. The van der Waals surface area contributed by atoms with Crippen LogP contribution in [0.4, 0.5) is 4.39 Å². The molecule has 3 nitrogen and oxygen atoms in total. The van der Waals surface area contributed by atoms with Crippen molar-refractivity contribution in [2.24, 2.45) is 5.92 Å². The molecule has 1 aliphatic carbocycles. The van der Waals surface area contributed by atoms with E-state index in [1.54, 1.807) is 6.07 Å². The zero-order valence-corrected chi connectivity index (χ0v) is 11.5. The number of rotatable bonds is 3. The molecule has 1 aliphatic heterocycles. The van der Waals surface area contributed by atoms with Crippen LogP contribution >= 0.6 is 0 Å². The summed E-state index contributed by atoms with van der Waals surface area (Å²) in [6.07, 6.45) is 4.28. The van der Waals surface area contributed by atoms with Crippen molar-refractivity contribution in [3.05, 3.63) is 35.1 Å². The van der Waals surface area contributed by atoms with E-state index in [0.29, 0.717) is 6.04 Å². The van der Waals surface area contributed by atoms with Gasteiger partial charge in [-0.15, -0.1) is 0 Å². The van der Waals surface area contributed by atoms with Crippen LogP contribution in [0.3, 0.4) is 0 Å². The fourth-order valence-corrected chi connectivity index (χ4v) is 3.74. The third kappa shape index (κ3) is 2.70. The molecular formula is C16H20FNO2. The Morgan fingerprint density at radius 2 is 2.25 bits per heavy atom. The summed E-state index contributed by atoms with van der Waals surface area (Å²) in [6.45, 7) is 1.88. The van der Waals surface area contributed by atoms with Crippen molar-refractivity contribution in [2.45, 2.75) is 38.1 Å². The van der Waals surface area contributed by atoms with Gasteiger partial charge >= 0.3 is 5.97 Å². The normalized spacial score (nSPS) is 26.4. The first-order chi connectivity index (χ1) is 9.63. The van der Waals surface area contributed by atoms with E-state index in [4.69, 9.17) is 5.11 Å². The molecule has 0 radical (unpaired) electrons. The second-order valence-electron chi connectivity index (χ2n) is 6.00. The fourth-order valence-electron chi connectivity index (χ4n) is 3.74. The zero-order valence-electron chi connectivity index (χ0n) is 11.5. The number of nitrogens with zero attached hydrogens (tertiary/aromatic N) is 1. The van der Waals surface area contributed by atoms with Crippen LogP contribution in [0.2, 0.25) is 0 Å². The molecule has 3 rings (SSSR count). The standard InChI is InChI=1S/C16H20FNO2/c17-13-4-5-14-12(9-13)3-6-15(14)18-7-1-2-11(10-18)8-16(19)20/h4-5,9,11,15H,1-3,6-8,10H2,(H,19,20). The number of hydrogen-bond acceptors (Lipinski definition) is 2. The van der Waals surface area contributed by atoms with Crippen LogP contribution < -0.4 is 0 Å². The number of piperidine rings is 1. The monoisotopic (exact) mass is 277 g/mol. The van der Waals surface area contributed by atoms with E-state index in [1.165, 1.54) is 11.6 Å². The van der Waals surface area contributed by atoms with Gasteiger partial charge in [-0.05, 0) is 61.4 Å². The van der Waals surface area contributed by atoms with Crippen LogP contribution in [0.25, 0.3) is 0 Å². The lowest BCUT2D eigenvalue weighted by molar-refractivity contribution is -0.138. The number of likely N-dealkylation sites (tertiary alicyclic amines) is 1. The third-order valence-electron chi connectivity index (χ3n) is 4.61. The van der Waals surface area contributed by atoms with E-state index >= 15 is 0 Å². The zero-order chi connectivity index (χ0) is 14.1. The molecular weight excluding hydrogens is 257 g/mol. The molecule has 0 bridgehead atoms. The van der Waals surface area contributed by atoms with Gasteiger partial charge in [-0.1, -0.05) is 6.07 Å². The van der Waals surface area contributed by atoms with Gasteiger partial charge in [0.15, 0.2) is 0 Å². The molecule has 1 N–H and O–H groups in total. The number of carboxylic acid groups (broad SMARTS) is 1. The second kappa shape index (κ2) is 5.52. The number of aliphatic carboxylic acids is 1. The summed E-state index contributed by atoms with van der Waals surface area (Å²) in [5.74, 6) is -0.608. The molecule has 1 heterocycles. The smallest absolute Gasteiger partial charge is 0.303 e. The minimum atomic E-state index is -0.703. The number of fused-ring (bicyclic) bond motifs is 1. The summed E-state index contributed by atoms with van der Waals surface area (Å²) in [5, 5.41) is 8.95. The van der Waals surface area contributed by atoms with Crippen LogP contribution in [-0.2, 0) is 11.2 Å². The van der Waals surface area contributed by atoms with Crippen LogP contribution in [0.15, 0.2) is 18.2 Å². The van der Waals surface area contributed by atoms with Crippen LogP contribution in [-0.4, -0.2) is 29.1 Å². The highest BCUT2D eigenvalue weighted by Crippen LogP contribution is 2.38. The third-order valence-corrected chi connectivity index (χ3v) is 4.61. The van der Waals surface area contributed by atoms with Crippen molar-refractivity contribution in [3.63, 3.8) is 0 Å². The van der Waals surface area contributed by atoms with Crippen LogP contribution in [0.5, 0.6) is 0 Å². The van der Waals surface area contributed by atoms with Gasteiger partial charge in [-0.2, -0.15) is 0 Å². The molecule has 1 aromatic rings. The van der Waals surface area contributed by atoms with Gasteiger partial charge < -0.3 is 5.11 Å². The number of carboxylic acids is 1. The highest BCUT2D eigenvalue weighted by molar-refractivity contribution is 5.67. The summed E-state index contributed by atoms with van der Waals surface area (Å²) in [4.78, 5) is 13.3. The van der Waals surface area contributed by atoms with Gasteiger partial charge in [0.05, 0.1) is 0 Å². The molecule has 0 spiro atoms. The highest BCUT2D eigenvalue weighted by atomic mass is 19.1. The minimum absolute atomic E-state index is 0.160. The average molecular weight is 277 g/mol. The van der Waals surface area contributed by atoms with E-state index in [2.05, 4.69) is 4.90 Å². The number of hydrogen-bond donors (Lipinski definition) is 1. The number of aryl methyl sites for hydroxylation is 1. The molecule has 1 saturated heterocycles. The fraction of sp³-hybridized carbons (Fsp3) is 0.562. The summed E-state index contributed by atoms with van der Waals surface area (Å²) in [6, 6.07) is 5.44. The Morgan fingerprint density at radius 3 is 3.05 bits per heavy atom. The van der Waals surface area contributed by atoms with Crippen molar-refractivity contribution in [2.75, 3.05) is 13.1 Å². The Bertz CT molecular complexity index is 517. The molecule has 0 amide bonds. The number of carbonyl (C=O) groups is 1. The van der Waals surface area contributed by atoms with Gasteiger partial charge in [-0.3, -0.25) is 9.69 Å². The molecule has 4 heteroatoms. The Kier molecular flexibility index (Phi) is 3.74.